The highest BCUT2D eigenvalue weighted by molar-refractivity contribution is 5.97. The monoisotopic (exact) mass is 280 g/mol. The number of primary amides is 1. The maximum Gasteiger partial charge on any atom is 0.326 e. The summed E-state index contributed by atoms with van der Waals surface area (Å²) in [7, 11) is 1.56. The van der Waals surface area contributed by atoms with Gasteiger partial charge >= 0.3 is 5.97 Å². The Morgan fingerprint density at radius 1 is 1.30 bits per heavy atom. The third-order valence-corrected chi connectivity index (χ3v) is 2.54. The standard InChI is InChI=1S/C13H16N2O5/c1-20-7-8-2-4-9(5-3-8)12(17)15-10(13(18)19)6-11(14)16/h2-5,10H,6-7H2,1H3,(H2,14,16)(H,15,17)(H,18,19)/t10-/m1/s1. The number of carbonyl (C=O) groups is 3. The zero-order valence-electron chi connectivity index (χ0n) is 11.0. The summed E-state index contributed by atoms with van der Waals surface area (Å²) in [5.74, 6) is -2.69. The molecule has 1 aromatic carbocycles. The molecule has 1 rings (SSSR count). The Bertz CT molecular complexity index is 498. The zero-order chi connectivity index (χ0) is 15.1. The minimum atomic E-state index is -1.33. The van der Waals surface area contributed by atoms with E-state index in [1.165, 1.54) is 0 Å². The number of hydrogen-bond acceptors (Lipinski definition) is 4. The largest absolute Gasteiger partial charge is 0.480 e. The average Bonchev–Trinajstić information content (AvgIpc) is 2.38. The van der Waals surface area contributed by atoms with Gasteiger partial charge in [-0.2, -0.15) is 0 Å². The Hall–Kier alpha value is -2.41. The SMILES string of the molecule is COCc1ccc(C(=O)N[C@H](CC(N)=O)C(=O)O)cc1. The van der Waals surface area contributed by atoms with Crippen LogP contribution < -0.4 is 11.1 Å². The lowest BCUT2D eigenvalue weighted by Crippen LogP contribution is -2.43. The van der Waals surface area contributed by atoms with Crippen molar-refractivity contribution in [1.82, 2.24) is 5.32 Å². The summed E-state index contributed by atoms with van der Waals surface area (Å²) in [6, 6.07) is 5.16. The Labute approximate surface area is 115 Å². The van der Waals surface area contributed by atoms with Crippen LogP contribution in [0.25, 0.3) is 0 Å². The van der Waals surface area contributed by atoms with Crippen LogP contribution in [0.4, 0.5) is 0 Å². The maximum absolute atomic E-state index is 11.9. The topological polar surface area (TPSA) is 119 Å². The molecule has 108 valence electrons. The molecule has 0 saturated heterocycles. The fraction of sp³-hybridized carbons (Fsp3) is 0.308. The van der Waals surface area contributed by atoms with Gasteiger partial charge < -0.3 is 20.9 Å². The first kappa shape index (κ1) is 15.6. The van der Waals surface area contributed by atoms with Gasteiger partial charge in [-0.15, -0.1) is 0 Å². The van der Waals surface area contributed by atoms with E-state index in [1.54, 1.807) is 31.4 Å². The van der Waals surface area contributed by atoms with Gasteiger partial charge in [-0.3, -0.25) is 9.59 Å². The molecule has 4 N–H and O–H groups in total. The number of hydrogen-bond donors (Lipinski definition) is 3. The van der Waals surface area contributed by atoms with Gasteiger partial charge in [-0.05, 0) is 17.7 Å². The fourth-order valence-corrected chi connectivity index (χ4v) is 1.56. The van der Waals surface area contributed by atoms with Crippen LogP contribution in [0.2, 0.25) is 0 Å². The second-order valence-electron chi connectivity index (χ2n) is 4.16. The summed E-state index contributed by atoms with van der Waals surface area (Å²) in [4.78, 5) is 33.5. The lowest BCUT2D eigenvalue weighted by atomic mass is 10.1. The smallest absolute Gasteiger partial charge is 0.326 e. The molecule has 0 aliphatic heterocycles. The van der Waals surface area contributed by atoms with E-state index < -0.39 is 30.2 Å². The summed E-state index contributed by atoms with van der Waals surface area (Å²) >= 11 is 0. The van der Waals surface area contributed by atoms with Gasteiger partial charge in [-0.25, -0.2) is 4.79 Å². The van der Waals surface area contributed by atoms with Gasteiger partial charge in [-0.1, -0.05) is 12.1 Å². The van der Waals surface area contributed by atoms with Crippen molar-refractivity contribution in [3.05, 3.63) is 35.4 Å². The molecule has 7 nitrogen and oxygen atoms in total. The quantitative estimate of drug-likeness (QED) is 0.644. The molecule has 1 atom stereocenters. The molecule has 0 aliphatic carbocycles. The molecular weight excluding hydrogens is 264 g/mol. The summed E-state index contributed by atoms with van der Waals surface area (Å²) < 4.78 is 4.94. The molecule has 0 bridgehead atoms. The normalized spacial score (nSPS) is 11.7. The van der Waals surface area contributed by atoms with Gasteiger partial charge in [0.15, 0.2) is 0 Å². The molecule has 0 aromatic heterocycles. The van der Waals surface area contributed by atoms with E-state index in [0.717, 1.165) is 5.56 Å². The number of methoxy groups -OCH3 is 1. The Kier molecular flexibility index (Phi) is 5.67. The van der Waals surface area contributed by atoms with Crippen LogP contribution in [0.1, 0.15) is 22.3 Å². The van der Waals surface area contributed by atoms with E-state index in [9.17, 15) is 14.4 Å². The lowest BCUT2D eigenvalue weighted by Gasteiger charge is -2.13. The number of carbonyl (C=O) groups excluding carboxylic acids is 2. The van der Waals surface area contributed by atoms with E-state index in [2.05, 4.69) is 5.32 Å². The highest BCUT2D eigenvalue weighted by atomic mass is 16.5. The Morgan fingerprint density at radius 2 is 1.90 bits per heavy atom. The minimum absolute atomic E-state index is 0.292. The van der Waals surface area contributed by atoms with Crippen LogP contribution in [0.15, 0.2) is 24.3 Å². The van der Waals surface area contributed by atoms with Crippen molar-refractivity contribution in [2.24, 2.45) is 5.73 Å². The summed E-state index contributed by atoms with van der Waals surface area (Å²) in [6.45, 7) is 0.418. The van der Waals surface area contributed by atoms with E-state index in [1.807, 2.05) is 0 Å². The molecule has 0 unspecified atom stereocenters. The maximum atomic E-state index is 11.9. The molecular formula is C13H16N2O5. The number of rotatable bonds is 7. The van der Waals surface area contributed by atoms with Gasteiger partial charge in [0, 0.05) is 12.7 Å². The summed E-state index contributed by atoms with van der Waals surface area (Å²) in [6.07, 6.45) is -0.456. The van der Waals surface area contributed by atoms with Crippen molar-refractivity contribution >= 4 is 17.8 Å². The average molecular weight is 280 g/mol. The van der Waals surface area contributed by atoms with Gasteiger partial charge in [0.2, 0.25) is 5.91 Å². The number of nitrogens with two attached hydrogens (primary N) is 1. The fourth-order valence-electron chi connectivity index (χ4n) is 1.56. The molecule has 2 amide bonds. The second kappa shape index (κ2) is 7.25. The first-order valence-corrected chi connectivity index (χ1v) is 5.84. The van der Waals surface area contributed by atoms with Gasteiger partial charge in [0.1, 0.15) is 6.04 Å². The highest BCUT2D eigenvalue weighted by Gasteiger charge is 2.22. The number of ether oxygens (including phenoxy) is 1. The van der Waals surface area contributed by atoms with E-state index in [-0.39, 0.29) is 0 Å². The molecule has 1 aromatic rings. The lowest BCUT2D eigenvalue weighted by molar-refractivity contribution is -0.140. The third kappa shape index (κ3) is 4.69. The van der Waals surface area contributed by atoms with Gasteiger partial charge in [0.05, 0.1) is 13.0 Å². The van der Waals surface area contributed by atoms with Crippen molar-refractivity contribution in [2.75, 3.05) is 7.11 Å². The van der Waals surface area contributed by atoms with Crippen LogP contribution in [0, 0.1) is 0 Å². The van der Waals surface area contributed by atoms with Crippen LogP contribution in [0.5, 0.6) is 0 Å². The number of aliphatic carboxylic acids is 1. The molecule has 0 saturated carbocycles. The molecule has 7 heteroatoms. The van der Waals surface area contributed by atoms with Crippen LogP contribution in [-0.4, -0.2) is 36.0 Å². The molecule has 0 aliphatic rings. The molecule has 0 heterocycles. The van der Waals surface area contributed by atoms with Crippen molar-refractivity contribution in [3.8, 4) is 0 Å². The number of nitrogens with one attached hydrogen (secondary N) is 1. The summed E-state index contributed by atoms with van der Waals surface area (Å²) in [5.41, 5.74) is 6.11. The first-order valence-electron chi connectivity index (χ1n) is 5.84. The minimum Gasteiger partial charge on any atom is -0.480 e. The van der Waals surface area contributed by atoms with Crippen molar-refractivity contribution in [1.29, 1.82) is 0 Å². The molecule has 0 radical (unpaired) electrons. The Balaban J connectivity index is 2.73. The van der Waals surface area contributed by atoms with Crippen molar-refractivity contribution in [2.45, 2.75) is 19.1 Å². The molecule has 0 fully saturated rings. The van der Waals surface area contributed by atoms with E-state index in [4.69, 9.17) is 15.6 Å². The number of carboxylic acid groups (broad SMARTS) is 1. The predicted octanol–water partition coefficient (Wildman–Crippen LogP) is -0.109. The van der Waals surface area contributed by atoms with E-state index >= 15 is 0 Å². The zero-order valence-corrected chi connectivity index (χ0v) is 11.0. The van der Waals surface area contributed by atoms with Gasteiger partial charge in [0.25, 0.3) is 5.91 Å². The third-order valence-electron chi connectivity index (χ3n) is 2.54. The first-order chi connectivity index (χ1) is 9.43. The number of benzene rings is 1. The highest BCUT2D eigenvalue weighted by Crippen LogP contribution is 2.06. The molecule has 0 spiro atoms. The van der Waals surface area contributed by atoms with Crippen LogP contribution in [-0.2, 0) is 20.9 Å². The summed E-state index contributed by atoms with van der Waals surface area (Å²) in [5, 5.41) is 11.1. The molecule has 20 heavy (non-hydrogen) atoms. The predicted molar refractivity (Wildman–Crippen MR) is 69.9 cm³/mol. The Morgan fingerprint density at radius 3 is 2.35 bits per heavy atom. The van der Waals surface area contributed by atoms with Crippen LogP contribution in [0.3, 0.4) is 0 Å². The number of carboxylic acids is 1. The van der Waals surface area contributed by atoms with E-state index in [0.29, 0.717) is 12.2 Å². The number of amides is 2. The van der Waals surface area contributed by atoms with Crippen molar-refractivity contribution in [3.63, 3.8) is 0 Å². The second-order valence-corrected chi connectivity index (χ2v) is 4.16. The van der Waals surface area contributed by atoms with Crippen molar-refractivity contribution < 1.29 is 24.2 Å². The van der Waals surface area contributed by atoms with Crippen LogP contribution >= 0.6 is 0 Å².